The van der Waals surface area contributed by atoms with Gasteiger partial charge in [-0.1, -0.05) is 0 Å². The molecule has 0 amide bonds. The Morgan fingerprint density at radius 3 is 2.89 bits per heavy atom. The molecule has 0 fully saturated rings. The third kappa shape index (κ3) is 4.29. The highest BCUT2D eigenvalue weighted by atomic mass is 32.1. The van der Waals surface area contributed by atoms with Crippen LogP contribution in [0.5, 0.6) is 0 Å². The van der Waals surface area contributed by atoms with Crippen LogP contribution in [0.4, 0.5) is 0 Å². The summed E-state index contributed by atoms with van der Waals surface area (Å²) in [5.41, 5.74) is 1.23. The summed E-state index contributed by atoms with van der Waals surface area (Å²) in [6, 6.07) is 6.38. The molecule has 0 spiro atoms. The molecule has 0 saturated carbocycles. The molecule has 3 nitrogen and oxygen atoms in total. The van der Waals surface area contributed by atoms with Crippen molar-refractivity contribution in [2.45, 2.75) is 20.0 Å². The first-order valence-corrected chi connectivity index (χ1v) is 7.01. The van der Waals surface area contributed by atoms with Crippen molar-refractivity contribution in [3.8, 4) is 0 Å². The lowest BCUT2D eigenvalue weighted by atomic mass is 10.3. The SMILES string of the molecule is Cc1ccc(CNCCN(C)Cc2ccoc2)s1. The standard InChI is InChI=1S/C14H20N2OS/c1-12-3-4-14(18-12)9-15-6-7-16(2)10-13-5-8-17-11-13/h3-5,8,11,15H,6-7,9-10H2,1-2H3. The Bertz CT molecular complexity index is 450. The normalized spacial score (nSPS) is 11.3. The van der Waals surface area contributed by atoms with E-state index in [1.807, 2.05) is 17.4 Å². The number of rotatable bonds is 7. The smallest absolute Gasteiger partial charge is 0.0947 e. The van der Waals surface area contributed by atoms with Crippen LogP contribution < -0.4 is 5.32 Å². The van der Waals surface area contributed by atoms with Gasteiger partial charge in [0, 0.05) is 41.5 Å². The van der Waals surface area contributed by atoms with Crippen LogP contribution in [0.3, 0.4) is 0 Å². The van der Waals surface area contributed by atoms with Gasteiger partial charge in [0.1, 0.15) is 0 Å². The summed E-state index contributed by atoms with van der Waals surface area (Å²) < 4.78 is 5.06. The molecular formula is C14H20N2OS. The number of hydrogen-bond donors (Lipinski definition) is 1. The lowest BCUT2D eigenvalue weighted by molar-refractivity contribution is 0.323. The zero-order valence-electron chi connectivity index (χ0n) is 11.0. The molecule has 0 bridgehead atoms. The Balaban J connectivity index is 1.60. The second-order valence-corrected chi connectivity index (χ2v) is 5.93. The maximum Gasteiger partial charge on any atom is 0.0947 e. The molecule has 0 radical (unpaired) electrons. The molecule has 18 heavy (non-hydrogen) atoms. The molecule has 0 aliphatic rings. The fourth-order valence-corrected chi connectivity index (χ4v) is 2.69. The summed E-state index contributed by atoms with van der Waals surface area (Å²) in [5, 5.41) is 3.47. The van der Waals surface area contributed by atoms with E-state index in [-0.39, 0.29) is 0 Å². The van der Waals surface area contributed by atoms with E-state index in [0.717, 1.165) is 26.2 Å². The summed E-state index contributed by atoms with van der Waals surface area (Å²) >= 11 is 1.86. The Kier molecular flexibility index (Phi) is 4.99. The third-order valence-corrected chi connectivity index (χ3v) is 3.80. The summed E-state index contributed by atoms with van der Waals surface area (Å²) in [4.78, 5) is 5.08. The number of likely N-dealkylation sites (N-methyl/N-ethyl adjacent to an activating group) is 1. The molecule has 0 aromatic carbocycles. The number of aryl methyl sites for hydroxylation is 1. The first-order chi connectivity index (χ1) is 8.74. The van der Waals surface area contributed by atoms with E-state index in [4.69, 9.17) is 4.42 Å². The van der Waals surface area contributed by atoms with Crippen molar-refractivity contribution in [2.75, 3.05) is 20.1 Å². The maximum absolute atomic E-state index is 5.06. The van der Waals surface area contributed by atoms with Crippen molar-refractivity contribution < 1.29 is 4.42 Å². The summed E-state index contributed by atoms with van der Waals surface area (Å²) in [6.45, 7) is 6.10. The van der Waals surface area contributed by atoms with E-state index in [1.165, 1.54) is 15.3 Å². The first-order valence-electron chi connectivity index (χ1n) is 6.19. The van der Waals surface area contributed by atoms with Crippen LogP contribution >= 0.6 is 11.3 Å². The zero-order valence-corrected chi connectivity index (χ0v) is 11.8. The number of furan rings is 1. The van der Waals surface area contributed by atoms with Gasteiger partial charge in [0.05, 0.1) is 12.5 Å². The first kappa shape index (κ1) is 13.3. The molecule has 0 saturated heterocycles. The Hall–Kier alpha value is -1.10. The van der Waals surface area contributed by atoms with Crippen molar-refractivity contribution >= 4 is 11.3 Å². The summed E-state index contributed by atoms with van der Waals surface area (Å²) in [5.74, 6) is 0. The molecular weight excluding hydrogens is 244 g/mol. The molecule has 0 aliphatic carbocycles. The number of thiophene rings is 1. The van der Waals surface area contributed by atoms with Crippen LogP contribution in [-0.2, 0) is 13.1 Å². The molecule has 2 heterocycles. The van der Waals surface area contributed by atoms with Crippen molar-refractivity contribution in [2.24, 2.45) is 0 Å². The highest BCUT2D eigenvalue weighted by molar-refractivity contribution is 7.11. The minimum atomic E-state index is 0.941. The zero-order chi connectivity index (χ0) is 12.8. The van der Waals surface area contributed by atoms with Crippen molar-refractivity contribution in [3.05, 3.63) is 46.0 Å². The van der Waals surface area contributed by atoms with Crippen LogP contribution in [0.15, 0.2) is 35.1 Å². The van der Waals surface area contributed by atoms with E-state index in [0.29, 0.717) is 0 Å². The van der Waals surface area contributed by atoms with E-state index >= 15 is 0 Å². The maximum atomic E-state index is 5.06. The average Bonchev–Trinajstić information content (AvgIpc) is 2.96. The Morgan fingerprint density at radius 2 is 2.22 bits per heavy atom. The molecule has 2 aromatic rings. The molecule has 98 valence electrons. The quantitative estimate of drug-likeness (QED) is 0.780. The molecule has 4 heteroatoms. The molecule has 0 atom stereocenters. The van der Waals surface area contributed by atoms with Crippen molar-refractivity contribution in [1.82, 2.24) is 10.2 Å². The monoisotopic (exact) mass is 264 g/mol. The minimum Gasteiger partial charge on any atom is -0.472 e. The number of nitrogens with one attached hydrogen (secondary N) is 1. The lowest BCUT2D eigenvalue weighted by Crippen LogP contribution is -2.28. The summed E-state index contributed by atoms with van der Waals surface area (Å²) in [6.07, 6.45) is 3.53. The Morgan fingerprint density at radius 1 is 1.33 bits per heavy atom. The molecule has 2 rings (SSSR count). The third-order valence-electron chi connectivity index (χ3n) is 2.80. The van der Waals surface area contributed by atoms with E-state index in [9.17, 15) is 0 Å². The fourth-order valence-electron chi connectivity index (χ4n) is 1.83. The molecule has 0 unspecified atom stereocenters. The summed E-state index contributed by atoms with van der Waals surface area (Å²) in [7, 11) is 2.13. The minimum absolute atomic E-state index is 0.941. The van der Waals surface area contributed by atoms with Gasteiger partial charge in [-0.3, -0.25) is 0 Å². The predicted molar refractivity (Wildman–Crippen MR) is 75.8 cm³/mol. The van der Waals surface area contributed by atoms with E-state index < -0.39 is 0 Å². The molecule has 2 aromatic heterocycles. The van der Waals surface area contributed by atoms with Crippen LogP contribution in [0.1, 0.15) is 15.3 Å². The Labute approximate surface area is 112 Å². The van der Waals surface area contributed by atoms with Crippen LogP contribution in [-0.4, -0.2) is 25.0 Å². The van der Waals surface area contributed by atoms with Crippen LogP contribution in [0, 0.1) is 6.92 Å². The number of hydrogen-bond acceptors (Lipinski definition) is 4. The highest BCUT2D eigenvalue weighted by Crippen LogP contribution is 2.14. The highest BCUT2D eigenvalue weighted by Gasteiger charge is 2.01. The average molecular weight is 264 g/mol. The largest absolute Gasteiger partial charge is 0.472 e. The van der Waals surface area contributed by atoms with Gasteiger partial charge in [0.2, 0.25) is 0 Å². The van der Waals surface area contributed by atoms with Gasteiger partial charge in [-0.2, -0.15) is 0 Å². The van der Waals surface area contributed by atoms with E-state index in [2.05, 4.69) is 36.3 Å². The number of nitrogens with zero attached hydrogens (tertiary/aromatic N) is 1. The van der Waals surface area contributed by atoms with Gasteiger partial charge in [-0.05, 0) is 32.2 Å². The van der Waals surface area contributed by atoms with Gasteiger partial charge in [0.25, 0.3) is 0 Å². The lowest BCUT2D eigenvalue weighted by Gasteiger charge is -2.15. The van der Waals surface area contributed by atoms with Gasteiger partial charge in [0.15, 0.2) is 0 Å². The second-order valence-electron chi connectivity index (χ2n) is 4.56. The van der Waals surface area contributed by atoms with Gasteiger partial charge in [-0.25, -0.2) is 0 Å². The predicted octanol–water partition coefficient (Wildman–Crippen LogP) is 2.87. The molecule has 1 N–H and O–H groups in total. The van der Waals surface area contributed by atoms with Crippen LogP contribution in [0.25, 0.3) is 0 Å². The van der Waals surface area contributed by atoms with Crippen molar-refractivity contribution in [3.63, 3.8) is 0 Å². The van der Waals surface area contributed by atoms with Crippen LogP contribution in [0.2, 0.25) is 0 Å². The molecule has 0 aliphatic heterocycles. The van der Waals surface area contributed by atoms with Crippen molar-refractivity contribution in [1.29, 1.82) is 0 Å². The fraction of sp³-hybridized carbons (Fsp3) is 0.429. The van der Waals surface area contributed by atoms with Gasteiger partial charge in [-0.15, -0.1) is 11.3 Å². The van der Waals surface area contributed by atoms with Gasteiger partial charge < -0.3 is 14.6 Å². The van der Waals surface area contributed by atoms with Gasteiger partial charge >= 0.3 is 0 Å². The topological polar surface area (TPSA) is 28.4 Å². The van der Waals surface area contributed by atoms with E-state index in [1.54, 1.807) is 12.5 Å². The second kappa shape index (κ2) is 6.73.